The number of benzene rings is 1. The molecule has 1 amide bonds. The van der Waals surface area contributed by atoms with E-state index in [4.69, 9.17) is 14.2 Å². The second-order valence-electron chi connectivity index (χ2n) is 6.10. The van der Waals surface area contributed by atoms with Gasteiger partial charge in [-0.15, -0.1) is 11.3 Å². The van der Waals surface area contributed by atoms with E-state index in [0.29, 0.717) is 38.7 Å². The fourth-order valence-corrected chi connectivity index (χ4v) is 3.69. The van der Waals surface area contributed by atoms with Crippen LogP contribution in [0.15, 0.2) is 24.3 Å². The summed E-state index contributed by atoms with van der Waals surface area (Å²) in [7, 11) is 1.59. The monoisotopic (exact) mass is 377 g/mol. The third-order valence-corrected chi connectivity index (χ3v) is 5.20. The third-order valence-electron chi connectivity index (χ3n) is 4.15. The van der Waals surface area contributed by atoms with E-state index in [1.807, 2.05) is 25.1 Å². The molecule has 0 bridgehead atoms. The molecule has 0 spiro atoms. The number of fused-ring (bicyclic) bond motifs is 1. The van der Waals surface area contributed by atoms with Crippen LogP contribution in [-0.2, 0) is 20.8 Å². The van der Waals surface area contributed by atoms with Crippen LogP contribution in [-0.4, -0.2) is 56.0 Å². The Morgan fingerprint density at radius 3 is 2.92 bits per heavy atom. The molecule has 3 rings (SSSR count). The molecular weight excluding hydrogens is 354 g/mol. The van der Waals surface area contributed by atoms with Crippen molar-refractivity contribution in [1.82, 2.24) is 4.90 Å². The predicted molar refractivity (Wildman–Crippen MR) is 99.8 cm³/mol. The minimum absolute atomic E-state index is 0.00842. The number of methoxy groups -OCH3 is 1. The van der Waals surface area contributed by atoms with Gasteiger partial charge in [-0.25, -0.2) is 0 Å². The Hall–Kier alpha value is -2.09. The first-order valence-corrected chi connectivity index (χ1v) is 9.30. The highest BCUT2D eigenvalue weighted by Crippen LogP contribution is 2.39. The van der Waals surface area contributed by atoms with Gasteiger partial charge < -0.3 is 24.2 Å². The first kappa shape index (κ1) is 18.7. The molecule has 1 aromatic heterocycles. The van der Waals surface area contributed by atoms with Crippen molar-refractivity contribution in [2.75, 3.05) is 40.1 Å². The van der Waals surface area contributed by atoms with Crippen LogP contribution >= 0.6 is 11.3 Å². The second kappa shape index (κ2) is 8.53. The molecule has 0 atom stereocenters. The molecule has 140 valence electrons. The Labute approximate surface area is 156 Å². The number of carbonyl (C=O) groups is 1. The van der Waals surface area contributed by atoms with E-state index in [2.05, 4.69) is 0 Å². The normalized spacial score (nSPS) is 13.8. The van der Waals surface area contributed by atoms with E-state index in [0.717, 1.165) is 16.0 Å². The maximum atomic E-state index is 12.4. The van der Waals surface area contributed by atoms with E-state index in [1.165, 1.54) is 4.88 Å². The van der Waals surface area contributed by atoms with E-state index >= 15 is 0 Å². The second-order valence-corrected chi connectivity index (χ2v) is 7.39. The Morgan fingerprint density at radius 2 is 2.19 bits per heavy atom. The number of phenols is 1. The number of hydrogen-bond donors (Lipinski definition) is 1. The van der Waals surface area contributed by atoms with Crippen LogP contribution in [0.25, 0.3) is 10.4 Å². The molecule has 1 N–H and O–H groups in total. The van der Waals surface area contributed by atoms with Crippen LogP contribution in [0, 0.1) is 6.92 Å². The minimum Gasteiger partial charge on any atom is -0.504 e. The first-order chi connectivity index (χ1) is 12.6. The molecule has 1 aliphatic rings. The Balaban J connectivity index is 1.77. The lowest BCUT2D eigenvalue weighted by Crippen LogP contribution is -2.35. The van der Waals surface area contributed by atoms with Crippen LogP contribution in [0.3, 0.4) is 0 Å². The number of ether oxygens (including phenoxy) is 3. The molecule has 0 saturated carbocycles. The van der Waals surface area contributed by atoms with E-state index in [1.54, 1.807) is 29.4 Å². The Bertz CT molecular complexity index is 773. The summed E-state index contributed by atoms with van der Waals surface area (Å²) in [6, 6.07) is 7.78. The SMILES string of the molecule is COCCOCC(=O)N1CCOc2c(O)cc(-c3ccc(C)s3)cc2C1. The van der Waals surface area contributed by atoms with Crippen molar-refractivity contribution >= 4 is 17.2 Å². The first-order valence-electron chi connectivity index (χ1n) is 8.48. The molecule has 1 aliphatic heterocycles. The zero-order valence-corrected chi connectivity index (χ0v) is 15.8. The summed E-state index contributed by atoms with van der Waals surface area (Å²) in [5.41, 5.74) is 1.72. The van der Waals surface area contributed by atoms with E-state index in [9.17, 15) is 9.90 Å². The molecular formula is C19H23NO5S. The highest BCUT2D eigenvalue weighted by atomic mass is 32.1. The summed E-state index contributed by atoms with van der Waals surface area (Å²) in [6.07, 6.45) is 0. The number of hydrogen-bond acceptors (Lipinski definition) is 6. The zero-order valence-electron chi connectivity index (χ0n) is 15.0. The number of phenolic OH excluding ortho intramolecular Hbond substituents is 1. The average Bonchev–Trinajstić information content (AvgIpc) is 2.93. The summed E-state index contributed by atoms with van der Waals surface area (Å²) in [5, 5.41) is 10.4. The van der Waals surface area contributed by atoms with Crippen molar-refractivity contribution in [3.63, 3.8) is 0 Å². The van der Waals surface area contributed by atoms with Crippen molar-refractivity contribution in [2.24, 2.45) is 0 Å². The molecule has 0 fully saturated rings. The summed E-state index contributed by atoms with van der Waals surface area (Å²) in [4.78, 5) is 16.4. The van der Waals surface area contributed by atoms with Crippen molar-refractivity contribution in [3.05, 3.63) is 34.7 Å². The molecule has 2 aromatic rings. The van der Waals surface area contributed by atoms with Gasteiger partial charge in [0.15, 0.2) is 11.5 Å². The van der Waals surface area contributed by atoms with Crippen molar-refractivity contribution in [1.29, 1.82) is 0 Å². The summed E-state index contributed by atoms with van der Waals surface area (Å²) in [6.45, 7) is 4.06. The van der Waals surface area contributed by atoms with Crippen LogP contribution in [0.2, 0.25) is 0 Å². The topological polar surface area (TPSA) is 68.2 Å². The number of aryl methyl sites for hydroxylation is 1. The third kappa shape index (κ3) is 4.35. The molecule has 6 nitrogen and oxygen atoms in total. The molecule has 26 heavy (non-hydrogen) atoms. The van der Waals surface area contributed by atoms with Crippen LogP contribution < -0.4 is 4.74 Å². The number of aromatic hydroxyl groups is 1. The van der Waals surface area contributed by atoms with Gasteiger partial charge in [-0.3, -0.25) is 4.79 Å². The van der Waals surface area contributed by atoms with Gasteiger partial charge in [0.25, 0.3) is 0 Å². The highest BCUT2D eigenvalue weighted by molar-refractivity contribution is 7.15. The number of thiophene rings is 1. The van der Waals surface area contributed by atoms with Crippen molar-refractivity contribution in [3.8, 4) is 21.9 Å². The Kier molecular flexibility index (Phi) is 6.13. The molecule has 0 radical (unpaired) electrons. The predicted octanol–water partition coefficient (Wildman–Crippen LogP) is 2.81. The van der Waals surface area contributed by atoms with Gasteiger partial charge in [0, 0.05) is 29.0 Å². The lowest BCUT2D eigenvalue weighted by Gasteiger charge is -2.20. The summed E-state index contributed by atoms with van der Waals surface area (Å²) < 4.78 is 15.9. The molecule has 0 saturated heterocycles. The molecule has 0 aliphatic carbocycles. The van der Waals surface area contributed by atoms with Gasteiger partial charge in [-0.2, -0.15) is 0 Å². The lowest BCUT2D eigenvalue weighted by molar-refractivity contribution is -0.137. The van der Waals surface area contributed by atoms with Gasteiger partial charge in [0.05, 0.1) is 19.8 Å². The highest BCUT2D eigenvalue weighted by Gasteiger charge is 2.23. The van der Waals surface area contributed by atoms with Crippen molar-refractivity contribution in [2.45, 2.75) is 13.5 Å². The van der Waals surface area contributed by atoms with Gasteiger partial charge in [-0.1, -0.05) is 0 Å². The van der Waals surface area contributed by atoms with Crippen molar-refractivity contribution < 1.29 is 24.1 Å². The van der Waals surface area contributed by atoms with Gasteiger partial charge in [0.2, 0.25) is 5.91 Å². The fraction of sp³-hybridized carbons (Fsp3) is 0.421. The van der Waals surface area contributed by atoms with Gasteiger partial charge in [0.1, 0.15) is 13.2 Å². The standard InChI is InChI=1S/C19H23NO5S/c1-13-3-4-17(26-13)14-9-15-11-20(18(22)12-24-8-7-23-2)5-6-25-19(15)16(21)10-14/h3-4,9-10,21H,5-8,11-12H2,1-2H3. The molecule has 0 unspecified atom stereocenters. The van der Waals surface area contributed by atoms with Crippen LogP contribution in [0.4, 0.5) is 0 Å². The lowest BCUT2D eigenvalue weighted by atomic mass is 10.1. The van der Waals surface area contributed by atoms with Gasteiger partial charge in [-0.05, 0) is 36.8 Å². The van der Waals surface area contributed by atoms with Crippen LogP contribution in [0.1, 0.15) is 10.4 Å². The van der Waals surface area contributed by atoms with E-state index < -0.39 is 0 Å². The Morgan fingerprint density at radius 1 is 1.35 bits per heavy atom. The number of nitrogens with zero attached hydrogens (tertiary/aromatic N) is 1. The molecule has 1 aromatic carbocycles. The minimum atomic E-state index is -0.102. The summed E-state index contributed by atoms with van der Waals surface area (Å²) in [5.74, 6) is 0.459. The molecule has 2 heterocycles. The zero-order chi connectivity index (χ0) is 18.5. The van der Waals surface area contributed by atoms with Crippen LogP contribution in [0.5, 0.6) is 11.5 Å². The average molecular weight is 377 g/mol. The number of amides is 1. The summed E-state index contributed by atoms with van der Waals surface area (Å²) >= 11 is 1.66. The largest absolute Gasteiger partial charge is 0.504 e. The maximum absolute atomic E-state index is 12.4. The quantitative estimate of drug-likeness (QED) is 0.784. The maximum Gasteiger partial charge on any atom is 0.248 e. The fourth-order valence-electron chi connectivity index (χ4n) is 2.84. The number of rotatable bonds is 6. The molecule has 7 heteroatoms. The number of carbonyl (C=O) groups excluding carboxylic acids is 1. The smallest absolute Gasteiger partial charge is 0.248 e. The van der Waals surface area contributed by atoms with Gasteiger partial charge >= 0.3 is 0 Å². The van der Waals surface area contributed by atoms with E-state index in [-0.39, 0.29) is 18.3 Å².